The van der Waals surface area contributed by atoms with Crippen molar-refractivity contribution in [3.8, 4) is 0 Å². The largest absolute Gasteiger partial charge is 0.399 e. The Bertz CT molecular complexity index is 402. The fraction of sp³-hybridized carbons (Fsp3) is 0.364. The number of amides is 1. The predicted molar refractivity (Wildman–Crippen MR) is 65.1 cm³/mol. The molecule has 0 aromatic heterocycles. The van der Waals surface area contributed by atoms with Crippen LogP contribution in [0.1, 0.15) is 16.8 Å². The number of aliphatic hydroxyl groups excluding tert-OH is 1. The molecule has 0 saturated carbocycles. The zero-order valence-corrected chi connectivity index (χ0v) is 10.3. The van der Waals surface area contributed by atoms with Crippen LogP contribution >= 0.6 is 15.9 Å². The summed E-state index contributed by atoms with van der Waals surface area (Å²) in [5, 5.41) is 9.38. The molecule has 1 fully saturated rings. The Morgan fingerprint density at radius 3 is 2.81 bits per heavy atom. The lowest BCUT2D eigenvalue weighted by atomic mass is 10.2. The summed E-state index contributed by atoms with van der Waals surface area (Å²) in [6.07, 6.45) is 0.253. The van der Waals surface area contributed by atoms with E-state index in [1.807, 2.05) is 0 Å². The lowest BCUT2D eigenvalue weighted by Gasteiger charge is -2.15. The van der Waals surface area contributed by atoms with Gasteiger partial charge in [0, 0.05) is 28.8 Å². The molecule has 1 aliphatic heterocycles. The van der Waals surface area contributed by atoms with Crippen molar-refractivity contribution in [2.75, 3.05) is 18.8 Å². The van der Waals surface area contributed by atoms with Gasteiger partial charge in [0.2, 0.25) is 0 Å². The minimum absolute atomic E-state index is 0.0791. The lowest BCUT2D eigenvalue weighted by Crippen LogP contribution is -2.29. The first-order chi connectivity index (χ1) is 7.56. The summed E-state index contributed by atoms with van der Waals surface area (Å²) >= 11 is 3.30. The molecule has 1 heterocycles. The Kier molecular flexibility index (Phi) is 3.16. The van der Waals surface area contributed by atoms with Gasteiger partial charge in [-0.05, 0) is 24.6 Å². The van der Waals surface area contributed by atoms with Crippen molar-refractivity contribution < 1.29 is 9.90 Å². The number of carbonyl (C=O) groups excluding carboxylic acids is 1. The number of likely N-dealkylation sites (tertiary alicyclic amines) is 1. The highest BCUT2D eigenvalue weighted by molar-refractivity contribution is 9.10. The smallest absolute Gasteiger partial charge is 0.254 e. The summed E-state index contributed by atoms with van der Waals surface area (Å²) in [4.78, 5) is 13.7. The van der Waals surface area contributed by atoms with Gasteiger partial charge in [0.15, 0.2) is 0 Å². The fourth-order valence-electron chi connectivity index (χ4n) is 1.84. The zero-order valence-electron chi connectivity index (χ0n) is 8.69. The predicted octanol–water partition coefficient (Wildman–Crippen LogP) is 1.24. The van der Waals surface area contributed by atoms with E-state index in [-0.39, 0.29) is 5.91 Å². The molecule has 1 aromatic carbocycles. The molecule has 4 nitrogen and oxygen atoms in total. The Labute approximate surface area is 102 Å². The standard InChI is InChI=1S/C11H13BrN2O2/c12-8-3-7(4-9(13)5-8)11(16)14-2-1-10(15)6-14/h3-5,10,15H,1-2,6,13H2/t10-/m1/s1. The monoisotopic (exact) mass is 284 g/mol. The van der Waals surface area contributed by atoms with Crippen LogP contribution in [-0.4, -0.2) is 35.1 Å². The number of nitrogens with zero attached hydrogens (tertiary/aromatic N) is 1. The van der Waals surface area contributed by atoms with Gasteiger partial charge >= 0.3 is 0 Å². The van der Waals surface area contributed by atoms with E-state index in [1.165, 1.54) is 0 Å². The first-order valence-electron chi connectivity index (χ1n) is 5.09. The number of benzene rings is 1. The van der Waals surface area contributed by atoms with E-state index in [2.05, 4.69) is 15.9 Å². The van der Waals surface area contributed by atoms with E-state index in [0.717, 1.165) is 4.47 Å². The van der Waals surface area contributed by atoms with Crippen LogP contribution in [0.2, 0.25) is 0 Å². The second kappa shape index (κ2) is 4.43. The quantitative estimate of drug-likeness (QED) is 0.763. The summed E-state index contributed by atoms with van der Waals surface area (Å²) in [5.41, 5.74) is 6.78. The van der Waals surface area contributed by atoms with E-state index < -0.39 is 6.10 Å². The van der Waals surface area contributed by atoms with Gasteiger partial charge in [-0.15, -0.1) is 0 Å². The summed E-state index contributed by atoms with van der Waals surface area (Å²) < 4.78 is 0.788. The van der Waals surface area contributed by atoms with Gasteiger partial charge in [0.1, 0.15) is 0 Å². The third-order valence-electron chi connectivity index (χ3n) is 2.62. The normalized spacial score (nSPS) is 20.1. The Hall–Kier alpha value is -1.07. The van der Waals surface area contributed by atoms with Gasteiger partial charge in [0.25, 0.3) is 5.91 Å². The first-order valence-corrected chi connectivity index (χ1v) is 5.89. The summed E-state index contributed by atoms with van der Waals surface area (Å²) in [7, 11) is 0. The SMILES string of the molecule is Nc1cc(Br)cc(C(=O)N2CC[C@@H](O)C2)c1. The molecule has 0 aliphatic carbocycles. The van der Waals surface area contributed by atoms with Crippen LogP contribution < -0.4 is 5.73 Å². The number of nitrogens with two attached hydrogens (primary N) is 1. The van der Waals surface area contributed by atoms with Gasteiger partial charge < -0.3 is 15.7 Å². The third-order valence-corrected chi connectivity index (χ3v) is 3.08. The fourth-order valence-corrected chi connectivity index (χ4v) is 2.36. The minimum atomic E-state index is -0.395. The van der Waals surface area contributed by atoms with Gasteiger partial charge in [-0.25, -0.2) is 0 Å². The van der Waals surface area contributed by atoms with Crippen LogP contribution in [0, 0.1) is 0 Å². The van der Waals surface area contributed by atoms with E-state index in [0.29, 0.717) is 30.8 Å². The number of rotatable bonds is 1. The molecule has 0 unspecified atom stereocenters. The number of halogens is 1. The maximum absolute atomic E-state index is 12.0. The number of hydrogen-bond acceptors (Lipinski definition) is 3. The molecule has 2 rings (SSSR count). The number of hydrogen-bond donors (Lipinski definition) is 2. The molecule has 86 valence electrons. The molecule has 3 N–H and O–H groups in total. The van der Waals surface area contributed by atoms with Crippen molar-refractivity contribution in [3.63, 3.8) is 0 Å². The molecule has 1 aromatic rings. The lowest BCUT2D eigenvalue weighted by molar-refractivity contribution is 0.0765. The van der Waals surface area contributed by atoms with Crippen LogP contribution in [0.3, 0.4) is 0 Å². The van der Waals surface area contributed by atoms with Crippen molar-refractivity contribution >= 4 is 27.5 Å². The Morgan fingerprint density at radius 2 is 2.25 bits per heavy atom. The van der Waals surface area contributed by atoms with Crippen molar-refractivity contribution in [2.24, 2.45) is 0 Å². The molecule has 0 spiro atoms. The molecular weight excluding hydrogens is 272 g/mol. The van der Waals surface area contributed by atoms with Gasteiger partial charge in [0.05, 0.1) is 6.10 Å². The highest BCUT2D eigenvalue weighted by Gasteiger charge is 2.25. The van der Waals surface area contributed by atoms with Gasteiger partial charge in [-0.1, -0.05) is 15.9 Å². The van der Waals surface area contributed by atoms with Crippen molar-refractivity contribution in [3.05, 3.63) is 28.2 Å². The van der Waals surface area contributed by atoms with Crippen molar-refractivity contribution in [2.45, 2.75) is 12.5 Å². The summed E-state index contributed by atoms with van der Waals surface area (Å²) in [6.45, 7) is 1.01. The highest BCUT2D eigenvalue weighted by Crippen LogP contribution is 2.20. The second-order valence-electron chi connectivity index (χ2n) is 3.97. The number of β-amino-alcohol motifs (C(OH)–C–C–N with tert-alkyl or cyclic N) is 1. The van der Waals surface area contributed by atoms with E-state index >= 15 is 0 Å². The second-order valence-corrected chi connectivity index (χ2v) is 4.88. The topological polar surface area (TPSA) is 66.6 Å². The molecule has 0 bridgehead atoms. The van der Waals surface area contributed by atoms with E-state index in [9.17, 15) is 9.90 Å². The van der Waals surface area contributed by atoms with E-state index in [4.69, 9.17) is 5.73 Å². The summed E-state index contributed by atoms with van der Waals surface area (Å²) in [6, 6.07) is 5.14. The van der Waals surface area contributed by atoms with Crippen molar-refractivity contribution in [1.82, 2.24) is 4.90 Å². The molecular formula is C11H13BrN2O2. The summed E-state index contributed by atoms with van der Waals surface area (Å²) in [5.74, 6) is -0.0791. The Morgan fingerprint density at radius 1 is 1.50 bits per heavy atom. The number of carbonyl (C=O) groups is 1. The Balaban J connectivity index is 2.20. The third kappa shape index (κ3) is 2.36. The highest BCUT2D eigenvalue weighted by atomic mass is 79.9. The molecule has 1 aliphatic rings. The maximum Gasteiger partial charge on any atom is 0.254 e. The maximum atomic E-state index is 12.0. The van der Waals surface area contributed by atoms with Crippen LogP contribution in [0.15, 0.2) is 22.7 Å². The van der Waals surface area contributed by atoms with Gasteiger partial charge in [-0.2, -0.15) is 0 Å². The molecule has 16 heavy (non-hydrogen) atoms. The van der Waals surface area contributed by atoms with Gasteiger partial charge in [-0.3, -0.25) is 4.79 Å². The average Bonchev–Trinajstić information content (AvgIpc) is 2.62. The molecule has 5 heteroatoms. The molecule has 1 saturated heterocycles. The number of aliphatic hydroxyl groups is 1. The first kappa shape index (κ1) is 11.4. The van der Waals surface area contributed by atoms with Crippen LogP contribution in [0.25, 0.3) is 0 Å². The van der Waals surface area contributed by atoms with E-state index in [1.54, 1.807) is 23.1 Å². The average molecular weight is 285 g/mol. The number of anilines is 1. The van der Waals surface area contributed by atoms with Crippen LogP contribution in [-0.2, 0) is 0 Å². The van der Waals surface area contributed by atoms with Crippen molar-refractivity contribution in [1.29, 1.82) is 0 Å². The minimum Gasteiger partial charge on any atom is -0.399 e. The number of nitrogen functional groups attached to an aromatic ring is 1. The van der Waals surface area contributed by atoms with Crippen LogP contribution in [0.4, 0.5) is 5.69 Å². The molecule has 0 radical (unpaired) electrons. The van der Waals surface area contributed by atoms with Crippen LogP contribution in [0.5, 0.6) is 0 Å². The molecule has 1 amide bonds. The zero-order chi connectivity index (χ0) is 11.7. The molecule has 1 atom stereocenters.